The molecule has 82 valence electrons. The molecule has 0 aromatic rings. The smallest absolute Gasteiger partial charge is 0.324 e. The molecule has 14 heavy (non-hydrogen) atoms. The van der Waals surface area contributed by atoms with Gasteiger partial charge in [-0.15, -0.1) is 0 Å². The van der Waals surface area contributed by atoms with E-state index in [1.54, 1.807) is 13.8 Å². The summed E-state index contributed by atoms with van der Waals surface area (Å²) in [5.41, 5.74) is -1.40. The van der Waals surface area contributed by atoms with Crippen molar-refractivity contribution in [1.82, 2.24) is 0 Å². The molecule has 0 aromatic heterocycles. The SMILES string of the molecule is CC(=O)OC(=O)C(CO)(CO)C(C)C. The molecule has 0 atom stereocenters. The third-order valence-corrected chi connectivity index (χ3v) is 2.31. The Morgan fingerprint density at radius 3 is 1.93 bits per heavy atom. The molecule has 0 aliphatic heterocycles. The summed E-state index contributed by atoms with van der Waals surface area (Å²) in [5, 5.41) is 18.1. The van der Waals surface area contributed by atoms with Crippen LogP contribution >= 0.6 is 0 Å². The van der Waals surface area contributed by atoms with Gasteiger partial charge in [0.25, 0.3) is 0 Å². The molecule has 5 nitrogen and oxygen atoms in total. The lowest BCUT2D eigenvalue weighted by Crippen LogP contribution is -2.45. The maximum absolute atomic E-state index is 11.4. The van der Waals surface area contributed by atoms with Gasteiger partial charge >= 0.3 is 11.9 Å². The Balaban J connectivity index is 4.80. The summed E-state index contributed by atoms with van der Waals surface area (Å²) in [6.45, 7) is 3.32. The zero-order valence-electron chi connectivity index (χ0n) is 8.61. The Labute approximate surface area is 82.7 Å². The normalized spacial score (nSPS) is 11.6. The molecule has 0 aliphatic rings. The maximum Gasteiger partial charge on any atom is 0.324 e. The Hall–Kier alpha value is -0.940. The number of carbonyl (C=O) groups is 2. The lowest BCUT2D eigenvalue weighted by Gasteiger charge is -2.30. The Morgan fingerprint density at radius 2 is 1.71 bits per heavy atom. The van der Waals surface area contributed by atoms with Crippen LogP contribution in [0.2, 0.25) is 0 Å². The zero-order chi connectivity index (χ0) is 11.4. The fraction of sp³-hybridized carbons (Fsp3) is 0.778. The van der Waals surface area contributed by atoms with E-state index in [1.807, 2.05) is 0 Å². The highest BCUT2D eigenvalue weighted by Gasteiger charge is 2.43. The number of hydrogen-bond donors (Lipinski definition) is 2. The fourth-order valence-corrected chi connectivity index (χ4v) is 1.01. The number of rotatable bonds is 4. The Bertz CT molecular complexity index is 217. The minimum absolute atomic E-state index is 0.315. The molecule has 0 radical (unpaired) electrons. The van der Waals surface area contributed by atoms with Crippen LogP contribution in [0.4, 0.5) is 0 Å². The largest absolute Gasteiger partial charge is 0.395 e. The zero-order valence-corrected chi connectivity index (χ0v) is 8.61. The van der Waals surface area contributed by atoms with Crippen LogP contribution in [0.5, 0.6) is 0 Å². The van der Waals surface area contributed by atoms with Crippen LogP contribution in [-0.2, 0) is 14.3 Å². The molecule has 5 heteroatoms. The Morgan fingerprint density at radius 1 is 1.29 bits per heavy atom. The molecule has 2 N–H and O–H groups in total. The van der Waals surface area contributed by atoms with Crippen LogP contribution in [0.1, 0.15) is 20.8 Å². The highest BCUT2D eigenvalue weighted by atomic mass is 16.6. The van der Waals surface area contributed by atoms with Crippen molar-refractivity contribution in [2.75, 3.05) is 13.2 Å². The van der Waals surface area contributed by atoms with Gasteiger partial charge < -0.3 is 14.9 Å². The fourth-order valence-electron chi connectivity index (χ4n) is 1.01. The first-order valence-corrected chi connectivity index (χ1v) is 4.35. The molecule has 0 bridgehead atoms. The van der Waals surface area contributed by atoms with Crippen molar-refractivity contribution in [2.45, 2.75) is 20.8 Å². The molecule has 0 saturated carbocycles. The molecule has 0 aromatic carbocycles. The second-order valence-electron chi connectivity index (χ2n) is 3.51. The van der Waals surface area contributed by atoms with Crippen molar-refractivity contribution in [2.24, 2.45) is 11.3 Å². The van der Waals surface area contributed by atoms with E-state index in [9.17, 15) is 9.59 Å². The third-order valence-electron chi connectivity index (χ3n) is 2.31. The van der Waals surface area contributed by atoms with Crippen molar-refractivity contribution >= 4 is 11.9 Å². The molecule has 0 unspecified atom stereocenters. The average Bonchev–Trinajstić information content (AvgIpc) is 2.05. The number of esters is 2. The first-order valence-electron chi connectivity index (χ1n) is 4.35. The van der Waals surface area contributed by atoms with Crippen LogP contribution in [0.15, 0.2) is 0 Å². The molecule has 0 rings (SSSR count). The summed E-state index contributed by atoms with van der Waals surface area (Å²) in [7, 11) is 0. The van der Waals surface area contributed by atoms with Gasteiger partial charge in [0.1, 0.15) is 5.41 Å². The van der Waals surface area contributed by atoms with E-state index < -0.39 is 30.6 Å². The van der Waals surface area contributed by atoms with Gasteiger partial charge in [-0.1, -0.05) is 13.8 Å². The molecule has 0 amide bonds. The van der Waals surface area contributed by atoms with Gasteiger partial charge in [0.2, 0.25) is 0 Å². The van der Waals surface area contributed by atoms with Gasteiger partial charge in [-0.3, -0.25) is 9.59 Å². The molecular weight excluding hydrogens is 188 g/mol. The van der Waals surface area contributed by atoms with Crippen LogP contribution in [0.25, 0.3) is 0 Å². The van der Waals surface area contributed by atoms with Crippen molar-refractivity contribution in [3.8, 4) is 0 Å². The van der Waals surface area contributed by atoms with Crippen LogP contribution in [-0.4, -0.2) is 35.4 Å². The van der Waals surface area contributed by atoms with E-state index in [1.165, 1.54) is 0 Å². The molecule has 0 spiro atoms. The minimum atomic E-state index is -1.40. The van der Waals surface area contributed by atoms with E-state index >= 15 is 0 Å². The predicted octanol–water partition coefficient (Wildman–Crippen LogP) is -0.297. The molecule has 0 aliphatic carbocycles. The second-order valence-corrected chi connectivity index (χ2v) is 3.51. The molecule has 0 heterocycles. The van der Waals surface area contributed by atoms with Crippen LogP contribution in [0.3, 0.4) is 0 Å². The summed E-state index contributed by atoms with van der Waals surface area (Å²) in [6.07, 6.45) is 0. The highest BCUT2D eigenvalue weighted by Crippen LogP contribution is 2.28. The van der Waals surface area contributed by atoms with Gasteiger partial charge in [-0.2, -0.15) is 0 Å². The van der Waals surface area contributed by atoms with E-state index in [2.05, 4.69) is 4.74 Å². The number of aliphatic hydroxyl groups excluding tert-OH is 2. The first-order chi connectivity index (χ1) is 6.40. The standard InChI is InChI=1S/C9H16O5/c1-6(2)9(4-10,5-11)8(13)14-7(3)12/h6,10-11H,4-5H2,1-3H3. The lowest BCUT2D eigenvalue weighted by molar-refractivity contribution is -0.173. The van der Waals surface area contributed by atoms with E-state index in [4.69, 9.17) is 10.2 Å². The highest BCUT2D eigenvalue weighted by molar-refractivity contribution is 5.88. The van der Waals surface area contributed by atoms with Gasteiger partial charge in [-0.25, -0.2) is 0 Å². The van der Waals surface area contributed by atoms with Gasteiger partial charge in [0.15, 0.2) is 0 Å². The van der Waals surface area contributed by atoms with Crippen molar-refractivity contribution < 1.29 is 24.5 Å². The number of ether oxygens (including phenoxy) is 1. The van der Waals surface area contributed by atoms with E-state index in [0.717, 1.165) is 6.92 Å². The lowest BCUT2D eigenvalue weighted by atomic mass is 9.78. The number of carbonyl (C=O) groups excluding carboxylic acids is 2. The number of hydrogen-bond acceptors (Lipinski definition) is 5. The maximum atomic E-state index is 11.4. The van der Waals surface area contributed by atoms with Crippen molar-refractivity contribution in [1.29, 1.82) is 0 Å². The minimum Gasteiger partial charge on any atom is -0.395 e. The van der Waals surface area contributed by atoms with Gasteiger partial charge in [0, 0.05) is 6.92 Å². The summed E-state index contributed by atoms with van der Waals surface area (Å²) in [6, 6.07) is 0. The molecule has 0 saturated heterocycles. The van der Waals surface area contributed by atoms with Crippen LogP contribution < -0.4 is 0 Å². The van der Waals surface area contributed by atoms with E-state index in [0.29, 0.717) is 0 Å². The summed E-state index contributed by atoms with van der Waals surface area (Å²) >= 11 is 0. The average molecular weight is 204 g/mol. The monoisotopic (exact) mass is 204 g/mol. The number of aliphatic hydroxyl groups is 2. The van der Waals surface area contributed by atoms with E-state index in [-0.39, 0.29) is 5.92 Å². The van der Waals surface area contributed by atoms with Gasteiger partial charge in [-0.05, 0) is 5.92 Å². The quantitative estimate of drug-likeness (QED) is 0.485. The summed E-state index contributed by atoms with van der Waals surface area (Å²) in [4.78, 5) is 22.0. The van der Waals surface area contributed by atoms with Crippen LogP contribution in [0, 0.1) is 11.3 Å². The summed E-state index contributed by atoms with van der Waals surface area (Å²) < 4.78 is 4.36. The molecular formula is C9H16O5. The predicted molar refractivity (Wildman–Crippen MR) is 48.2 cm³/mol. The third kappa shape index (κ3) is 2.52. The topological polar surface area (TPSA) is 83.8 Å². The Kier molecular flexibility index (Phi) is 4.73. The van der Waals surface area contributed by atoms with Crippen molar-refractivity contribution in [3.05, 3.63) is 0 Å². The molecule has 0 fully saturated rings. The summed E-state index contributed by atoms with van der Waals surface area (Å²) in [5.74, 6) is -1.95. The van der Waals surface area contributed by atoms with Crippen molar-refractivity contribution in [3.63, 3.8) is 0 Å². The second kappa shape index (κ2) is 5.07. The van der Waals surface area contributed by atoms with Gasteiger partial charge in [0.05, 0.1) is 13.2 Å². The first kappa shape index (κ1) is 13.1.